The van der Waals surface area contributed by atoms with Crippen molar-refractivity contribution in [2.24, 2.45) is 17.6 Å². The molecule has 3 heteroatoms. The molecule has 0 aromatic rings. The molecule has 0 unspecified atom stereocenters. The Morgan fingerprint density at radius 2 is 1.40 bits per heavy atom. The van der Waals surface area contributed by atoms with Crippen molar-refractivity contribution in [3.8, 4) is 0 Å². The maximum Gasteiger partial charge on any atom is 0.327 e. The van der Waals surface area contributed by atoms with Crippen LogP contribution in [0.5, 0.6) is 0 Å². The van der Waals surface area contributed by atoms with Gasteiger partial charge >= 0.3 is 5.97 Å². The highest BCUT2D eigenvalue weighted by Gasteiger charge is 2.43. The van der Waals surface area contributed by atoms with Crippen LogP contribution in [0.15, 0.2) is 0 Å². The van der Waals surface area contributed by atoms with Gasteiger partial charge in [0.05, 0.1) is 0 Å². The molecule has 0 fully saturated rings. The number of hydrogen-bond acceptors (Lipinski definition) is 3. The summed E-state index contributed by atoms with van der Waals surface area (Å²) < 4.78 is 5.36. The van der Waals surface area contributed by atoms with Crippen LogP contribution in [0.2, 0.25) is 0 Å². The molecule has 2 N–H and O–H groups in total. The van der Waals surface area contributed by atoms with Crippen LogP contribution < -0.4 is 5.73 Å². The lowest BCUT2D eigenvalue weighted by Gasteiger charge is -2.37. The van der Waals surface area contributed by atoms with E-state index in [0.717, 1.165) is 0 Å². The van der Waals surface area contributed by atoms with E-state index in [1.807, 2.05) is 48.5 Å². The molecule has 0 aliphatic rings. The van der Waals surface area contributed by atoms with Crippen molar-refractivity contribution in [3.05, 3.63) is 0 Å². The van der Waals surface area contributed by atoms with Crippen molar-refractivity contribution in [3.63, 3.8) is 0 Å². The highest BCUT2D eigenvalue weighted by molar-refractivity contribution is 5.81. The Balaban J connectivity index is 4.89. The fraction of sp³-hybridized carbons (Fsp3) is 0.917. The maximum atomic E-state index is 12.0. The van der Waals surface area contributed by atoms with Gasteiger partial charge in [-0.05, 0) is 32.6 Å². The minimum Gasteiger partial charge on any atom is -0.459 e. The lowest BCUT2D eigenvalue weighted by atomic mass is 9.78. The van der Waals surface area contributed by atoms with E-state index < -0.39 is 11.1 Å². The van der Waals surface area contributed by atoms with E-state index in [1.165, 1.54) is 0 Å². The number of ether oxygens (including phenoxy) is 1. The first-order valence-corrected chi connectivity index (χ1v) is 5.54. The molecule has 0 radical (unpaired) electrons. The molecule has 15 heavy (non-hydrogen) atoms. The number of hydrogen-bond donors (Lipinski definition) is 1. The van der Waals surface area contributed by atoms with Crippen LogP contribution >= 0.6 is 0 Å². The summed E-state index contributed by atoms with van der Waals surface area (Å²) in [5.74, 6) is -0.181. The molecule has 0 aromatic carbocycles. The van der Waals surface area contributed by atoms with Crippen molar-refractivity contribution < 1.29 is 9.53 Å². The van der Waals surface area contributed by atoms with Crippen molar-refractivity contribution in [2.45, 2.75) is 59.6 Å². The number of nitrogens with two attached hydrogens (primary N) is 1. The van der Waals surface area contributed by atoms with Gasteiger partial charge in [0.1, 0.15) is 11.1 Å². The fourth-order valence-electron chi connectivity index (χ4n) is 1.50. The first kappa shape index (κ1) is 14.4. The highest BCUT2D eigenvalue weighted by atomic mass is 16.6. The minimum atomic E-state index is -0.896. The van der Waals surface area contributed by atoms with Gasteiger partial charge in [0.15, 0.2) is 0 Å². The van der Waals surface area contributed by atoms with E-state index in [-0.39, 0.29) is 17.8 Å². The molecule has 0 aliphatic heterocycles. The lowest BCUT2D eigenvalue weighted by molar-refractivity contribution is -0.165. The predicted octanol–water partition coefficient (Wildman–Crippen LogP) is 2.34. The third kappa shape index (κ3) is 3.49. The summed E-state index contributed by atoms with van der Waals surface area (Å²) in [5, 5.41) is 0. The molecule has 0 rings (SSSR count). The van der Waals surface area contributed by atoms with Gasteiger partial charge in [-0.1, -0.05) is 27.7 Å². The summed E-state index contributed by atoms with van der Waals surface area (Å²) in [6.45, 7) is 13.4. The van der Waals surface area contributed by atoms with Crippen LogP contribution in [0, 0.1) is 11.8 Å². The van der Waals surface area contributed by atoms with Gasteiger partial charge in [-0.15, -0.1) is 0 Å². The summed E-state index contributed by atoms with van der Waals surface area (Å²) in [5.41, 5.74) is 4.78. The number of carbonyl (C=O) groups excluding carboxylic acids is 1. The molecule has 0 atom stereocenters. The van der Waals surface area contributed by atoms with E-state index in [2.05, 4.69) is 0 Å². The molecule has 0 saturated carbocycles. The SMILES string of the molecule is CC(C)C(N)(C(=O)OC(C)(C)C)C(C)C. The van der Waals surface area contributed by atoms with Crippen LogP contribution in [-0.4, -0.2) is 17.1 Å². The standard InChI is InChI=1S/C12H25NO2/c1-8(2)12(13,9(3)4)10(14)15-11(5,6)7/h8-9H,13H2,1-7H3. The quantitative estimate of drug-likeness (QED) is 0.735. The van der Waals surface area contributed by atoms with Crippen LogP contribution in [-0.2, 0) is 9.53 Å². The van der Waals surface area contributed by atoms with Crippen molar-refractivity contribution in [1.29, 1.82) is 0 Å². The van der Waals surface area contributed by atoms with Crippen molar-refractivity contribution in [2.75, 3.05) is 0 Å². The Bertz CT molecular complexity index is 218. The van der Waals surface area contributed by atoms with Crippen LogP contribution in [0.4, 0.5) is 0 Å². The normalized spacial score (nSPS) is 13.5. The number of rotatable bonds is 3. The van der Waals surface area contributed by atoms with Crippen molar-refractivity contribution >= 4 is 5.97 Å². The third-order valence-corrected chi connectivity index (χ3v) is 2.66. The van der Waals surface area contributed by atoms with E-state index in [1.54, 1.807) is 0 Å². The van der Waals surface area contributed by atoms with Gasteiger partial charge in [0.25, 0.3) is 0 Å². The van der Waals surface area contributed by atoms with E-state index in [0.29, 0.717) is 0 Å². The molecule has 0 amide bonds. The Morgan fingerprint density at radius 1 is 1.07 bits per heavy atom. The second-order valence-corrected chi connectivity index (χ2v) is 5.74. The lowest BCUT2D eigenvalue weighted by Crippen LogP contribution is -2.58. The Kier molecular flexibility index (Phi) is 4.35. The summed E-state index contributed by atoms with van der Waals surface area (Å²) >= 11 is 0. The highest BCUT2D eigenvalue weighted by Crippen LogP contribution is 2.26. The second kappa shape index (κ2) is 4.52. The summed E-state index contributed by atoms with van der Waals surface area (Å²) in [4.78, 5) is 12.0. The number of esters is 1. The monoisotopic (exact) mass is 215 g/mol. The van der Waals surface area contributed by atoms with E-state index >= 15 is 0 Å². The fourth-order valence-corrected chi connectivity index (χ4v) is 1.50. The number of carbonyl (C=O) groups is 1. The summed E-state index contributed by atoms with van der Waals surface area (Å²) in [7, 11) is 0. The Labute approximate surface area is 93.4 Å². The molecule has 0 heterocycles. The van der Waals surface area contributed by atoms with Crippen LogP contribution in [0.3, 0.4) is 0 Å². The molecule has 0 bridgehead atoms. The van der Waals surface area contributed by atoms with E-state index in [9.17, 15) is 4.79 Å². The Hall–Kier alpha value is -0.570. The molecular weight excluding hydrogens is 190 g/mol. The topological polar surface area (TPSA) is 52.3 Å². The molecular formula is C12H25NO2. The average Bonchev–Trinajstić information content (AvgIpc) is 1.98. The van der Waals surface area contributed by atoms with Crippen molar-refractivity contribution in [1.82, 2.24) is 0 Å². The zero-order valence-electron chi connectivity index (χ0n) is 11.0. The van der Waals surface area contributed by atoms with Crippen LogP contribution in [0.1, 0.15) is 48.5 Å². The second-order valence-electron chi connectivity index (χ2n) is 5.74. The van der Waals surface area contributed by atoms with Gasteiger partial charge in [-0.2, -0.15) is 0 Å². The summed E-state index contributed by atoms with van der Waals surface area (Å²) in [6.07, 6.45) is 0. The maximum absolute atomic E-state index is 12.0. The molecule has 0 saturated heterocycles. The first-order chi connectivity index (χ1) is 6.51. The smallest absolute Gasteiger partial charge is 0.327 e. The molecule has 0 aliphatic carbocycles. The van der Waals surface area contributed by atoms with Gasteiger partial charge < -0.3 is 10.5 Å². The summed E-state index contributed by atoms with van der Waals surface area (Å²) in [6, 6.07) is 0. The molecule has 90 valence electrons. The third-order valence-electron chi connectivity index (χ3n) is 2.66. The zero-order chi connectivity index (χ0) is 12.4. The van der Waals surface area contributed by atoms with Gasteiger partial charge in [0.2, 0.25) is 0 Å². The molecule has 0 spiro atoms. The van der Waals surface area contributed by atoms with Crippen LogP contribution in [0.25, 0.3) is 0 Å². The van der Waals surface area contributed by atoms with Gasteiger partial charge in [-0.25, -0.2) is 0 Å². The largest absolute Gasteiger partial charge is 0.459 e. The predicted molar refractivity (Wildman–Crippen MR) is 62.4 cm³/mol. The molecule has 3 nitrogen and oxygen atoms in total. The first-order valence-electron chi connectivity index (χ1n) is 5.54. The molecule has 0 aromatic heterocycles. The zero-order valence-corrected chi connectivity index (χ0v) is 11.0. The Morgan fingerprint density at radius 3 is 1.60 bits per heavy atom. The minimum absolute atomic E-state index is 0.0624. The van der Waals surface area contributed by atoms with E-state index in [4.69, 9.17) is 10.5 Å². The average molecular weight is 215 g/mol. The van der Waals surface area contributed by atoms with Gasteiger partial charge in [-0.3, -0.25) is 4.79 Å². The van der Waals surface area contributed by atoms with Gasteiger partial charge in [0, 0.05) is 0 Å².